The van der Waals surface area contributed by atoms with Gasteiger partial charge < -0.3 is 31.3 Å². The lowest BCUT2D eigenvalue weighted by molar-refractivity contribution is -0.184. The van der Waals surface area contributed by atoms with Crippen LogP contribution in [0.2, 0.25) is 0 Å². The largest absolute Gasteiger partial charge is 0.476 e. The Morgan fingerprint density at radius 3 is 2.43 bits per heavy atom. The van der Waals surface area contributed by atoms with Gasteiger partial charge >= 0.3 is 19.3 Å². The van der Waals surface area contributed by atoms with Gasteiger partial charge in [-0.3, -0.25) is 19.3 Å². The van der Waals surface area contributed by atoms with Gasteiger partial charge in [0.05, 0.1) is 18.0 Å². The first kappa shape index (κ1) is 27.8. The van der Waals surface area contributed by atoms with Gasteiger partial charge in [0.1, 0.15) is 11.9 Å². The van der Waals surface area contributed by atoms with Crippen LogP contribution >= 0.6 is 0 Å². The Morgan fingerprint density at radius 1 is 1.23 bits per heavy atom. The van der Waals surface area contributed by atoms with Crippen LogP contribution in [0.1, 0.15) is 29.6 Å². The van der Waals surface area contributed by atoms with E-state index in [9.17, 15) is 51.3 Å². The van der Waals surface area contributed by atoms with Crippen LogP contribution in [-0.4, -0.2) is 76.5 Å². The Bertz CT molecular complexity index is 981. The van der Waals surface area contributed by atoms with E-state index in [1.54, 1.807) is 0 Å². The lowest BCUT2D eigenvalue weighted by Crippen LogP contribution is -2.60. The molecule has 1 aromatic carbocycles. The molecule has 2 rings (SSSR count). The zero-order valence-corrected chi connectivity index (χ0v) is 17.7. The zero-order chi connectivity index (χ0) is 26.5. The van der Waals surface area contributed by atoms with Crippen molar-refractivity contribution < 1.29 is 56.3 Å². The fourth-order valence-electron chi connectivity index (χ4n) is 3.36. The van der Waals surface area contributed by atoms with E-state index < -0.39 is 72.8 Å². The van der Waals surface area contributed by atoms with E-state index in [1.807, 2.05) is 5.32 Å². The van der Waals surface area contributed by atoms with Crippen LogP contribution in [0, 0.1) is 5.82 Å². The number of carbonyl (C=O) groups excluding carboxylic acids is 4. The molecule has 0 radical (unpaired) electrons. The summed E-state index contributed by atoms with van der Waals surface area (Å²) >= 11 is 0. The molecule has 1 heterocycles. The molecule has 0 aliphatic carbocycles. The first-order valence-electron chi connectivity index (χ1n) is 9.97. The monoisotopic (exact) mass is 510 g/mol. The molecule has 17 heteroatoms. The van der Waals surface area contributed by atoms with Crippen molar-refractivity contribution in [3.05, 3.63) is 29.6 Å². The number of nitrogens with zero attached hydrogens (tertiary/aromatic N) is 1. The molecule has 35 heavy (non-hydrogen) atoms. The second-order valence-corrected chi connectivity index (χ2v) is 7.56. The highest BCUT2D eigenvalue weighted by Crippen LogP contribution is 2.27. The van der Waals surface area contributed by atoms with Crippen LogP contribution in [0.4, 0.5) is 27.8 Å². The Balaban J connectivity index is 2.21. The van der Waals surface area contributed by atoms with Gasteiger partial charge in [-0.25, -0.2) is 9.18 Å². The van der Waals surface area contributed by atoms with Crippen LogP contribution < -0.4 is 16.4 Å². The molecule has 1 aliphatic rings. The quantitative estimate of drug-likeness (QED) is 0.175. The van der Waals surface area contributed by atoms with Crippen LogP contribution in [0.15, 0.2) is 18.2 Å². The summed E-state index contributed by atoms with van der Waals surface area (Å²) in [5, 5.41) is 21.9. The van der Waals surface area contributed by atoms with E-state index in [1.165, 1.54) is 5.32 Å². The summed E-state index contributed by atoms with van der Waals surface area (Å²) in [5.41, 5.74) is 4.35. The summed E-state index contributed by atoms with van der Waals surface area (Å²) in [6.45, 7) is -0.325. The molecule has 0 spiro atoms. The minimum absolute atomic E-state index is 0.0738. The normalized spacial score (nSPS) is 17.3. The number of halogens is 5. The molecule has 192 valence electrons. The van der Waals surface area contributed by atoms with E-state index >= 15 is 0 Å². The number of alkyl halides is 3. The highest BCUT2D eigenvalue weighted by atomic mass is 19.4. The van der Waals surface area contributed by atoms with Crippen molar-refractivity contribution in [3.63, 3.8) is 0 Å². The van der Waals surface area contributed by atoms with Crippen LogP contribution in [0.3, 0.4) is 0 Å². The Morgan fingerprint density at radius 2 is 1.89 bits per heavy atom. The number of hydrogen-bond donors (Lipinski definition) is 5. The second-order valence-electron chi connectivity index (χ2n) is 7.56. The summed E-state index contributed by atoms with van der Waals surface area (Å²) in [6.07, 6.45) is -6.40. The maximum atomic E-state index is 13.7. The van der Waals surface area contributed by atoms with Crippen LogP contribution in [0.25, 0.3) is 0 Å². The van der Waals surface area contributed by atoms with E-state index in [2.05, 4.69) is 4.94 Å². The number of hydrogen-bond acceptors (Lipinski definition) is 8. The van der Waals surface area contributed by atoms with Crippen LogP contribution in [-0.2, 0) is 19.3 Å². The van der Waals surface area contributed by atoms with Gasteiger partial charge in [0, 0.05) is 16.6 Å². The van der Waals surface area contributed by atoms with Crippen molar-refractivity contribution in [2.45, 2.75) is 43.5 Å². The summed E-state index contributed by atoms with van der Waals surface area (Å²) in [6, 6.07) is -2.18. The summed E-state index contributed by atoms with van der Waals surface area (Å²) < 4.78 is 66.5. The van der Waals surface area contributed by atoms with Gasteiger partial charge in [0.25, 0.3) is 11.8 Å². The predicted molar refractivity (Wildman–Crippen MR) is 107 cm³/mol. The third-order valence-corrected chi connectivity index (χ3v) is 5.11. The average Bonchev–Trinajstić information content (AvgIpc) is 3.27. The number of anilines is 1. The fraction of sp³-hybridized carbons (Fsp3) is 0.444. The highest BCUT2D eigenvalue weighted by molar-refractivity contribution is 6.44. The lowest BCUT2D eigenvalue weighted by atomic mass is 9.77. The molecule has 0 saturated carbocycles. The SMILES string of the molecule is Nc1ccc(C(=O)NC(C(=O)N2CCCC2C(=O)NC(CC(=O)OF)B(O)O)C(F)(F)F)cc1F. The number of nitrogens with one attached hydrogen (secondary N) is 2. The smallest absolute Gasteiger partial charge is 0.426 e. The van der Waals surface area contributed by atoms with Crippen molar-refractivity contribution >= 4 is 36.5 Å². The molecule has 1 saturated heterocycles. The minimum atomic E-state index is -5.31. The Kier molecular flexibility index (Phi) is 8.97. The molecule has 0 aromatic heterocycles. The maximum Gasteiger partial charge on any atom is 0.476 e. The van der Waals surface area contributed by atoms with E-state index in [0.29, 0.717) is 11.0 Å². The molecule has 1 aromatic rings. The summed E-state index contributed by atoms with van der Waals surface area (Å²) in [4.78, 5) is 52.0. The molecule has 3 amide bonds. The third kappa shape index (κ3) is 7.01. The third-order valence-electron chi connectivity index (χ3n) is 5.11. The van der Waals surface area contributed by atoms with Gasteiger partial charge in [0.15, 0.2) is 0 Å². The van der Waals surface area contributed by atoms with Crippen molar-refractivity contribution in [2.75, 3.05) is 12.3 Å². The van der Waals surface area contributed by atoms with E-state index in [0.717, 1.165) is 12.1 Å². The molecule has 6 N–H and O–H groups in total. The Labute approximate surface area is 194 Å². The number of rotatable bonds is 8. The molecular weight excluding hydrogens is 490 g/mol. The standard InChI is InChI=1S/C18H20BF5N4O7/c20-9-6-8(3-4-10(9)25)15(30)27-14(18(21,22)23)17(32)28-5-1-2-11(28)16(31)26-12(19(33)34)7-13(29)35-24/h3-4,6,11-12,14,33-34H,1-2,5,7,25H2,(H,26,31)(H,27,30). The first-order valence-corrected chi connectivity index (χ1v) is 9.97. The first-order chi connectivity index (χ1) is 16.3. The number of nitrogens with two attached hydrogens (primary N) is 1. The van der Waals surface area contributed by atoms with Gasteiger partial charge in [-0.2, -0.15) is 13.2 Å². The van der Waals surface area contributed by atoms with E-state index in [-0.39, 0.29) is 25.1 Å². The molecule has 3 unspecified atom stereocenters. The maximum absolute atomic E-state index is 13.7. The van der Waals surface area contributed by atoms with Crippen molar-refractivity contribution in [2.24, 2.45) is 0 Å². The van der Waals surface area contributed by atoms with Gasteiger partial charge in [-0.1, -0.05) is 0 Å². The van der Waals surface area contributed by atoms with Gasteiger partial charge in [0.2, 0.25) is 11.9 Å². The second kappa shape index (κ2) is 11.3. The molecule has 1 fully saturated rings. The number of carbonyl (C=O) groups is 4. The lowest BCUT2D eigenvalue weighted by Gasteiger charge is -2.30. The van der Waals surface area contributed by atoms with Gasteiger partial charge in [-0.05, 0) is 31.0 Å². The topological polar surface area (TPSA) is 171 Å². The molecule has 11 nitrogen and oxygen atoms in total. The molecule has 0 bridgehead atoms. The fourth-order valence-corrected chi connectivity index (χ4v) is 3.36. The summed E-state index contributed by atoms with van der Waals surface area (Å²) in [5.74, 6) is -8.73. The minimum Gasteiger partial charge on any atom is -0.426 e. The average molecular weight is 510 g/mol. The zero-order valence-electron chi connectivity index (χ0n) is 17.7. The van der Waals surface area contributed by atoms with Gasteiger partial charge in [-0.15, -0.1) is 0 Å². The summed E-state index contributed by atoms with van der Waals surface area (Å²) in [7, 11) is -2.37. The van der Waals surface area contributed by atoms with Crippen molar-refractivity contribution in [1.29, 1.82) is 0 Å². The molecule has 3 atom stereocenters. The molecular formula is C18H20BF5N4O7. The highest BCUT2D eigenvalue weighted by Gasteiger charge is 2.50. The van der Waals surface area contributed by atoms with Crippen molar-refractivity contribution in [1.82, 2.24) is 15.5 Å². The van der Waals surface area contributed by atoms with Crippen LogP contribution in [0.5, 0.6) is 0 Å². The number of likely N-dealkylation sites (tertiary alicyclic amines) is 1. The number of nitrogen functional groups attached to an aromatic ring is 1. The predicted octanol–water partition coefficient (Wildman–Crippen LogP) is -0.626. The van der Waals surface area contributed by atoms with Crippen molar-refractivity contribution in [3.8, 4) is 0 Å². The Hall–Kier alpha value is -3.47. The van der Waals surface area contributed by atoms with E-state index in [4.69, 9.17) is 5.73 Å². The number of benzene rings is 1. The molecule has 1 aliphatic heterocycles. The number of amides is 3.